The standard InChI is InChI=1S/C26H35N3O/c1-3-4-7-11-19-12-8-5-6-9-13-20-16-21(19)23(28-20)17-25-26(30-2)18-24(29-25)22-14-10-15-27-22/h10,14-19,27,29H,3-9,11-13H2,1-2H3/t19-/m1/s1. The highest BCUT2D eigenvalue weighted by atomic mass is 16.5. The lowest BCUT2D eigenvalue weighted by atomic mass is 9.85. The van der Waals surface area contributed by atoms with Crippen molar-refractivity contribution in [3.05, 3.63) is 47.4 Å². The number of aliphatic imine (C=N–C) groups is 1. The normalized spacial score (nSPS) is 20.9. The monoisotopic (exact) mass is 405 g/mol. The van der Waals surface area contributed by atoms with Crippen molar-refractivity contribution in [2.45, 2.75) is 71.1 Å². The Labute approximate surface area is 180 Å². The van der Waals surface area contributed by atoms with E-state index in [9.17, 15) is 0 Å². The predicted molar refractivity (Wildman–Crippen MR) is 126 cm³/mol. The minimum atomic E-state index is 0.617. The molecule has 3 heterocycles. The molecule has 2 bridgehead atoms. The van der Waals surface area contributed by atoms with Crippen LogP contribution in [0.3, 0.4) is 0 Å². The van der Waals surface area contributed by atoms with E-state index in [1.807, 2.05) is 12.3 Å². The van der Waals surface area contributed by atoms with Crippen LogP contribution in [-0.4, -0.2) is 22.8 Å². The van der Waals surface area contributed by atoms with Gasteiger partial charge in [-0.1, -0.05) is 45.4 Å². The Kier molecular flexibility index (Phi) is 6.93. The van der Waals surface area contributed by atoms with E-state index in [-0.39, 0.29) is 0 Å². The van der Waals surface area contributed by atoms with Crippen molar-refractivity contribution in [1.29, 1.82) is 0 Å². The quantitative estimate of drug-likeness (QED) is 0.467. The van der Waals surface area contributed by atoms with E-state index in [1.54, 1.807) is 7.11 Å². The zero-order valence-corrected chi connectivity index (χ0v) is 18.5. The fourth-order valence-corrected chi connectivity index (χ4v) is 4.73. The lowest BCUT2D eigenvalue weighted by Gasteiger charge is -2.19. The summed E-state index contributed by atoms with van der Waals surface area (Å²) in [6.45, 7) is 2.29. The highest BCUT2D eigenvalue weighted by Gasteiger charge is 2.24. The van der Waals surface area contributed by atoms with Crippen LogP contribution in [0.25, 0.3) is 17.5 Å². The van der Waals surface area contributed by atoms with Gasteiger partial charge in [0.05, 0.1) is 29.9 Å². The van der Waals surface area contributed by atoms with Crippen LogP contribution in [0.4, 0.5) is 0 Å². The maximum Gasteiger partial charge on any atom is 0.144 e. The Bertz CT molecular complexity index is 914. The maximum atomic E-state index is 5.68. The first-order chi connectivity index (χ1) is 14.8. The predicted octanol–water partition coefficient (Wildman–Crippen LogP) is 7.29. The zero-order chi connectivity index (χ0) is 20.8. The number of aromatic nitrogens is 2. The minimum absolute atomic E-state index is 0.617. The van der Waals surface area contributed by atoms with Crippen LogP contribution in [0.2, 0.25) is 0 Å². The lowest BCUT2D eigenvalue weighted by Crippen LogP contribution is -2.06. The topological polar surface area (TPSA) is 53.2 Å². The molecule has 0 spiro atoms. The summed E-state index contributed by atoms with van der Waals surface area (Å²) in [6.07, 6.45) is 19.4. The maximum absolute atomic E-state index is 5.68. The number of aromatic amines is 2. The van der Waals surface area contributed by atoms with Gasteiger partial charge >= 0.3 is 0 Å². The highest BCUT2D eigenvalue weighted by molar-refractivity contribution is 6.00. The second-order valence-corrected chi connectivity index (χ2v) is 8.63. The van der Waals surface area contributed by atoms with E-state index < -0.39 is 0 Å². The third kappa shape index (κ3) is 4.80. The molecule has 0 fully saturated rings. The third-order valence-corrected chi connectivity index (χ3v) is 6.41. The van der Waals surface area contributed by atoms with Gasteiger partial charge < -0.3 is 14.7 Å². The SMILES string of the molecule is CCCCC[C@@H]1CCCCCCC2=NC(=Cc3[nH]c(-c4ccc[nH]4)cc3OC)C1=C2. The average Bonchev–Trinajstić information content (AvgIpc) is 3.49. The van der Waals surface area contributed by atoms with Gasteiger partial charge in [-0.05, 0) is 61.5 Å². The third-order valence-electron chi connectivity index (χ3n) is 6.41. The molecule has 160 valence electrons. The Morgan fingerprint density at radius 3 is 2.87 bits per heavy atom. The van der Waals surface area contributed by atoms with Gasteiger partial charge in [-0.3, -0.25) is 4.99 Å². The number of unbranched alkanes of at least 4 members (excludes halogenated alkanes) is 2. The van der Waals surface area contributed by atoms with Crippen molar-refractivity contribution in [2.24, 2.45) is 10.9 Å². The molecular formula is C26H35N3O. The summed E-state index contributed by atoms with van der Waals surface area (Å²) in [7, 11) is 1.74. The summed E-state index contributed by atoms with van der Waals surface area (Å²) in [4.78, 5) is 11.9. The molecule has 1 aliphatic heterocycles. The second-order valence-electron chi connectivity index (χ2n) is 8.63. The van der Waals surface area contributed by atoms with Crippen LogP contribution in [0.5, 0.6) is 5.75 Å². The Hall–Kier alpha value is -2.49. The smallest absolute Gasteiger partial charge is 0.144 e. The molecule has 0 unspecified atom stereocenters. The van der Waals surface area contributed by atoms with Gasteiger partial charge in [-0.15, -0.1) is 0 Å². The number of H-pyrrole nitrogens is 2. The summed E-state index contributed by atoms with van der Waals surface area (Å²) in [5.74, 6) is 1.48. The summed E-state index contributed by atoms with van der Waals surface area (Å²) >= 11 is 0. The number of nitrogens with zero attached hydrogens (tertiary/aromatic N) is 1. The van der Waals surface area contributed by atoms with Gasteiger partial charge in [0, 0.05) is 18.0 Å². The molecule has 30 heavy (non-hydrogen) atoms. The minimum Gasteiger partial charge on any atom is -0.494 e. The molecule has 4 nitrogen and oxygen atoms in total. The van der Waals surface area contributed by atoms with Crippen molar-refractivity contribution in [1.82, 2.24) is 9.97 Å². The van der Waals surface area contributed by atoms with Crippen molar-refractivity contribution in [3.63, 3.8) is 0 Å². The number of hydrogen-bond acceptors (Lipinski definition) is 2. The first kappa shape index (κ1) is 20.8. The van der Waals surface area contributed by atoms with Gasteiger partial charge in [0.25, 0.3) is 0 Å². The van der Waals surface area contributed by atoms with E-state index in [4.69, 9.17) is 9.73 Å². The number of fused-ring (bicyclic) bond motifs is 1. The van der Waals surface area contributed by atoms with E-state index in [0.29, 0.717) is 5.92 Å². The molecule has 1 atom stereocenters. The lowest BCUT2D eigenvalue weighted by molar-refractivity contribution is 0.414. The van der Waals surface area contributed by atoms with Crippen molar-refractivity contribution in [3.8, 4) is 17.1 Å². The van der Waals surface area contributed by atoms with Crippen LogP contribution >= 0.6 is 0 Å². The van der Waals surface area contributed by atoms with E-state index in [1.165, 1.54) is 69.1 Å². The number of methoxy groups -OCH3 is 1. The number of ether oxygens (including phenoxy) is 1. The largest absolute Gasteiger partial charge is 0.494 e. The van der Waals surface area contributed by atoms with Crippen LogP contribution in [0.15, 0.2) is 46.7 Å². The number of hydrogen-bond donors (Lipinski definition) is 2. The molecule has 2 aromatic heterocycles. The van der Waals surface area contributed by atoms with Gasteiger partial charge in [0.1, 0.15) is 5.75 Å². The van der Waals surface area contributed by atoms with Crippen molar-refractivity contribution in [2.75, 3.05) is 7.11 Å². The van der Waals surface area contributed by atoms with Crippen molar-refractivity contribution < 1.29 is 4.74 Å². The molecule has 0 saturated heterocycles. The van der Waals surface area contributed by atoms with Crippen LogP contribution < -0.4 is 4.74 Å². The van der Waals surface area contributed by atoms with Gasteiger partial charge in [-0.25, -0.2) is 0 Å². The number of allylic oxidation sites excluding steroid dienone is 2. The summed E-state index contributed by atoms with van der Waals surface area (Å²) in [6, 6.07) is 6.14. The Morgan fingerprint density at radius 1 is 1.17 bits per heavy atom. The molecule has 4 rings (SSSR count). The van der Waals surface area contributed by atoms with E-state index in [0.717, 1.165) is 34.9 Å². The fraction of sp³-hybridized carbons (Fsp3) is 0.500. The Morgan fingerprint density at radius 2 is 2.07 bits per heavy atom. The summed E-state index contributed by atoms with van der Waals surface area (Å²) in [5, 5.41) is 0. The zero-order valence-electron chi connectivity index (χ0n) is 18.5. The molecule has 4 heteroatoms. The molecule has 0 amide bonds. The second kappa shape index (κ2) is 10.0. The molecule has 0 aromatic carbocycles. The Balaban J connectivity index is 1.66. The fourth-order valence-electron chi connectivity index (χ4n) is 4.73. The number of rotatable bonds is 7. The molecule has 0 radical (unpaired) electrons. The van der Waals surface area contributed by atoms with Crippen LogP contribution in [0, 0.1) is 5.92 Å². The average molecular weight is 406 g/mol. The molecule has 2 aliphatic rings. The molecular weight excluding hydrogens is 370 g/mol. The van der Waals surface area contributed by atoms with E-state index in [2.05, 4.69) is 41.2 Å². The van der Waals surface area contributed by atoms with Gasteiger partial charge in [0.15, 0.2) is 0 Å². The molecule has 2 aromatic rings. The number of nitrogens with one attached hydrogen (secondary N) is 2. The van der Waals surface area contributed by atoms with Crippen LogP contribution in [-0.2, 0) is 0 Å². The summed E-state index contributed by atoms with van der Waals surface area (Å²) < 4.78 is 5.68. The summed E-state index contributed by atoms with van der Waals surface area (Å²) in [5.41, 5.74) is 6.93. The van der Waals surface area contributed by atoms with Crippen LogP contribution in [0.1, 0.15) is 76.8 Å². The molecule has 1 aliphatic carbocycles. The molecule has 0 saturated carbocycles. The van der Waals surface area contributed by atoms with Gasteiger partial charge in [0.2, 0.25) is 0 Å². The first-order valence-corrected chi connectivity index (χ1v) is 11.7. The van der Waals surface area contributed by atoms with Gasteiger partial charge in [-0.2, -0.15) is 0 Å². The molecule has 2 N–H and O–H groups in total. The first-order valence-electron chi connectivity index (χ1n) is 11.7. The van der Waals surface area contributed by atoms with Crippen molar-refractivity contribution >= 4 is 11.8 Å². The highest BCUT2D eigenvalue weighted by Crippen LogP contribution is 2.37. The van der Waals surface area contributed by atoms with E-state index >= 15 is 0 Å².